The number of nitrogens with zero attached hydrogens (tertiary/aromatic N) is 1. The lowest BCUT2D eigenvalue weighted by molar-refractivity contribution is -0.0297. The fourth-order valence-electron chi connectivity index (χ4n) is 0.619. The van der Waals surface area contributed by atoms with Gasteiger partial charge in [-0.15, -0.1) is 0 Å². The van der Waals surface area contributed by atoms with Crippen molar-refractivity contribution < 1.29 is 4.74 Å². The summed E-state index contributed by atoms with van der Waals surface area (Å²) in [5.74, 6) is 5.30. The van der Waals surface area contributed by atoms with E-state index in [9.17, 15) is 0 Å². The Hall–Kier alpha value is -0.120. The largest absolute Gasteiger partial charge is 0.379 e. The number of hydrazine groups is 1. The lowest BCUT2D eigenvalue weighted by Crippen LogP contribution is -2.55. The van der Waals surface area contributed by atoms with Crippen molar-refractivity contribution in [2.75, 3.05) is 20.2 Å². The first-order chi connectivity index (χ1) is 3.33. The maximum Gasteiger partial charge on any atom is 0.0852 e. The molecule has 0 atom stereocenters. The standard InChI is InChI=1S/C4H10N2O/c1-7-4-2-6(5)3-4/h4H,2-3,5H2,1H3. The maximum atomic E-state index is 5.30. The van der Waals surface area contributed by atoms with Crippen molar-refractivity contribution in [3.63, 3.8) is 0 Å². The van der Waals surface area contributed by atoms with Gasteiger partial charge in [0.1, 0.15) is 0 Å². The summed E-state index contributed by atoms with van der Waals surface area (Å²) in [6.45, 7) is 1.77. The maximum absolute atomic E-state index is 5.30. The van der Waals surface area contributed by atoms with Gasteiger partial charge in [0.2, 0.25) is 0 Å². The van der Waals surface area contributed by atoms with Crippen LogP contribution >= 0.6 is 0 Å². The Balaban J connectivity index is 2.06. The Labute approximate surface area is 43.0 Å². The molecule has 0 unspecified atom stereocenters. The van der Waals surface area contributed by atoms with E-state index in [1.54, 1.807) is 12.1 Å². The van der Waals surface area contributed by atoms with Crippen LogP contribution in [0.1, 0.15) is 0 Å². The van der Waals surface area contributed by atoms with E-state index < -0.39 is 0 Å². The number of hydrogen-bond acceptors (Lipinski definition) is 3. The average Bonchev–Trinajstić information content (AvgIpc) is 1.58. The van der Waals surface area contributed by atoms with E-state index in [0.717, 1.165) is 13.1 Å². The molecule has 1 aliphatic rings. The van der Waals surface area contributed by atoms with Crippen molar-refractivity contribution in [3.8, 4) is 0 Å². The molecule has 42 valence electrons. The quantitative estimate of drug-likeness (QED) is 0.440. The smallest absolute Gasteiger partial charge is 0.0852 e. The van der Waals surface area contributed by atoms with Crippen molar-refractivity contribution >= 4 is 0 Å². The highest BCUT2D eigenvalue weighted by Crippen LogP contribution is 2.03. The minimum absolute atomic E-state index is 0.394. The summed E-state index contributed by atoms with van der Waals surface area (Å²) in [6.07, 6.45) is 0.394. The molecule has 0 bridgehead atoms. The van der Waals surface area contributed by atoms with Crippen LogP contribution < -0.4 is 5.84 Å². The van der Waals surface area contributed by atoms with Crippen LogP contribution in [0.3, 0.4) is 0 Å². The highest BCUT2D eigenvalue weighted by atomic mass is 16.5. The monoisotopic (exact) mass is 102 g/mol. The number of ether oxygens (including phenoxy) is 1. The van der Waals surface area contributed by atoms with Gasteiger partial charge in [-0.25, -0.2) is 5.01 Å². The van der Waals surface area contributed by atoms with Crippen LogP contribution in [0.15, 0.2) is 0 Å². The number of methoxy groups -OCH3 is 1. The Morgan fingerprint density at radius 2 is 2.29 bits per heavy atom. The second-order valence-corrected chi connectivity index (χ2v) is 1.81. The minimum atomic E-state index is 0.394. The van der Waals surface area contributed by atoms with Crippen molar-refractivity contribution in [2.45, 2.75) is 6.10 Å². The first kappa shape index (κ1) is 5.03. The van der Waals surface area contributed by atoms with Gasteiger partial charge in [0, 0.05) is 20.2 Å². The number of hydrogen-bond donors (Lipinski definition) is 1. The molecule has 2 N–H and O–H groups in total. The van der Waals surface area contributed by atoms with Gasteiger partial charge in [-0.2, -0.15) is 0 Å². The molecule has 0 aromatic heterocycles. The average molecular weight is 102 g/mol. The normalized spacial score (nSPS) is 24.9. The third kappa shape index (κ3) is 0.907. The topological polar surface area (TPSA) is 38.5 Å². The molecule has 7 heavy (non-hydrogen) atoms. The van der Waals surface area contributed by atoms with E-state index >= 15 is 0 Å². The van der Waals surface area contributed by atoms with Crippen LogP contribution in [-0.4, -0.2) is 31.3 Å². The molecule has 1 saturated heterocycles. The molecule has 0 aromatic carbocycles. The summed E-state index contributed by atoms with van der Waals surface area (Å²) < 4.78 is 4.93. The molecule has 3 nitrogen and oxygen atoms in total. The molecular weight excluding hydrogens is 92.1 g/mol. The van der Waals surface area contributed by atoms with Crippen molar-refractivity contribution in [1.82, 2.24) is 5.01 Å². The summed E-state index contributed by atoms with van der Waals surface area (Å²) in [5.41, 5.74) is 0. The predicted molar refractivity (Wildman–Crippen MR) is 26.6 cm³/mol. The first-order valence-corrected chi connectivity index (χ1v) is 2.35. The van der Waals surface area contributed by atoms with Crippen LogP contribution in [0.25, 0.3) is 0 Å². The second kappa shape index (κ2) is 1.78. The molecule has 1 aliphatic heterocycles. The Bertz CT molecular complexity index is 60.7. The van der Waals surface area contributed by atoms with Crippen molar-refractivity contribution in [3.05, 3.63) is 0 Å². The molecule has 0 radical (unpaired) electrons. The third-order valence-electron chi connectivity index (χ3n) is 1.21. The van der Waals surface area contributed by atoms with E-state index in [-0.39, 0.29) is 0 Å². The Morgan fingerprint density at radius 3 is 2.43 bits per heavy atom. The molecule has 3 heteroatoms. The van der Waals surface area contributed by atoms with Crippen LogP contribution in [0.4, 0.5) is 0 Å². The van der Waals surface area contributed by atoms with Gasteiger partial charge in [-0.1, -0.05) is 0 Å². The lowest BCUT2D eigenvalue weighted by atomic mass is 10.2. The highest BCUT2D eigenvalue weighted by Gasteiger charge is 2.22. The van der Waals surface area contributed by atoms with Crippen molar-refractivity contribution in [2.24, 2.45) is 5.84 Å². The fraction of sp³-hybridized carbons (Fsp3) is 1.00. The first-order valence-electron chi connectivity index (χ1n) is 2.35. The van der Waals surface area contributed by atoms with Gasteiger partial charge in [0.25, 0.3) is 0 Å². The van der Waals surface area contributed by atoms with Gasteiger partial charge in [-0.3, -0.25) is 5.84 Å². The summed E-state index contributed by atoms with van der Waals surface area (Å²) >= 11 is 0. The zero-order chi connectivity index (χ0) is 5.28. The molecule has 0 spiro atoms. The second-order valence-electron chi connectivity index (χ2n) is 1.81. The Kier molecular flexibility index (Phi) is 1.27. The Morgan fingerprint density at radius 1 is 1.71 bits per heavy atom. The summed E-state index contributed by atoms with van der Waals surface area (Å²) in [6, 6.07) is 0. The molecule has 1 fully saturated rings. The van der Waals surface area contributed by atoms with Crippen LogP contribution in [-0.2, 0) is 4.74 Å². The summed E-state index contributed by atoms with van der Waals surface area (Å²) in [4.78, 5) is 0. The highest BCUT2D eigenvalue weighted by molar-refractivity contribution is 4.74. The SMILES string of the molecule is COC1CN(N)C1. The van der Waals surface area contributed by atoms with Gasteiger partial charge >= 0.3 is 0 Å². The van der Waals surface area contributed by atoms with Crippen LogP contribution in [0.5, 0.6) is 0 Å². The van der Waals surface area contributed by atoms with Crippen molar-refractivity contribution in [1.29, 1.82) is 0 Å². The summed E-state index contributed by atoms with van der Waals surface area (Å²) in [5, 5.41) is 1.73. The molecule has 0 saturated carbocycles. The molecule has 0 amide bonds. The van der Waals surface area contributed by atoms with Gasteiger partial charge in [0.15, 0.2) is 0 Å². The number of nitrogens with two attached hydrogens (primary N) is 1. The molecule has 1 rings (SSSR count). The zero-order valence-electron chi connectivity index (χ0n) is 4.42. The van der Waals surface area contributed by atoms with Gasteiger partial charge in [0.05, 0.1) is 6.10 Å². The van der Waals surface area contributed by atoms with Crippen LogP contribution in [0, 0.1) is 0 Å². The van der Waals surface area contributed by atoms with E-state index in [1.165, 1.54) is 0 Å². The van der Waals surface area contributed by atoms with E-state index in [4.69, 9.17) is 10.6 Å². The van der Waals surface area contributed by atoms with E-state index in [1.807, 2.05) is 0 Å². The van der Waals surface area contributed by atoms with E-state index in [0.29, 0.717) is 6.10 Å². The third-order valence-corrected chi connectivity index (χ3v) is 1.21. The van der Waals surface area contributed by atoms with Gasteiger partial charge in [-0.05, 0) is 0 Å². The predicted octanol–water partition coefficient (Wildman–Crippen LogP) is -0.809. The molecule has 0 aromatic rings. The lowest BCUT2D eigenvalue weighted by Gasteiger charge is -2.33. The molecule has 0 aliphatic carbocycles. The zero-order valence-corrected chi connectivity index (χ0v) is 4.42. The van der Waals surface area contributed by atoms with Gasteiger partial charge < -0.3 is 4.74 Å². The molecular formula is C4H10N2O. The molecule has 1 heterocycles. The number of rotatable bonds is 1. The fourth-order valence-corrected chi connectivity index (χ4v) is 0.619. The minimum Gasteiger partial charge on any atom is -0.379 e. The van der Waals surface area contributed by atoms with Crippen LogP contribution in [0.2, 0.25) is 0 Å². The summed E-state index contributed by atoms with van der Waals surface area (Å²) in [7, 11) is 1.71. The van der Waals surface area contributed by atoms with E-state index in [2.05, 4.69) is 0 Å².